The van der Waals surface area contributed by atoms with Crippen LogP contribution in [0.1, 0.15) is 36.2 Å². The van der Waals surface area contributed by atoms with Crippen LogP contribution in [-0.4, -0.2) is 16.5 Å². The summed E-state index contributed by atoms with van der Waals surface area (Å²) in [4.78, 5) is 4.64. The first-order valence-corrected chi connectivity index (χ1v) is 11.6. The van der Waals surface area contributed by atoms with Gasteiger partial charge < -0.3 is 21.4 Å². The smallest absolute Gasteiger partial charge is 0.166 e. The van der Waals surface area contributed by atoms with Crippen molar-refractivity contribution in [3.63, 3.8) is 0 Å². The Morgan fingerprint density at radius 2 is 1.78 bits per heavy atom. The highest BCUT2D eigenvalue weighted by atomic mass is 16.5. The van der Waals surface area contributed by atoms with Crippen LogP contribution in [0.5, 0.6) is 5.75 Å². The maximum absolute atomic E-state index is 6.81. The zero-order valence-electron chi connectivity index (χ0n) is 20.6. The molecule has 7 nitrogen and oxygen atoms in total. The first-order chi connectivity index (χ1) is 17.5. The van der Waals surface area contributed by atoms with Crippen LogP contribution in [0.15, 0.2) is 102 Å². The molecule has 6 N–H and O–H groups in total. The highest BCUT2D eigenvalue weighted by molar-refractivity contribution is 5.98. The lowest BCUT2D eigenvalue weighted by Gasteiger charge is -2.09. The second-order valence-electron chi connectivity index (χ2n) is 8.11. The molecule has 0 atom stereocenters. The first-order valence-electron chi connectivity index (χ1n) is 11.6. The summed E-state index contributed by atoms with van der Waals surface area (Å²) in [6.45, 7) is 4.08. The van der Waals surface area contributed by atoms with Gasteiger partial charge in [-0.3, -0.25) is 0 Å². The van der Waals surface area contributed by atoms with E-state index in [1.165, 1.54) is 5.56 Å². The van der Waals surface area contributed by atoms with Crippen LogP contribution >= 0.6 is 0 Å². The highest BCUT2D eigenvalue weighted by Gasteiger charge is 2.05. The molecule has 0 saturated carbocycles. The predicted molar refractivity (Wildman–Crippen MR) is 148 cm³/mol. The largest absolute Gasteiger partial charge is 0.487 e. The van der Waals surface area contributed by atoms with Crippen LogP contribution in [0, 0.1) is 5.41 Å². The average molecular weight is 481 g/mol. The minimum absolute atomic E-state index is 0.430. The van der Waals surface area contributed by atoms with Crippen LogP contribution in [-0.2, 0) is 13.0 Å². The number of fused-ring (bicyclic) bond motifs is 1. The number of pyridine rings is 1. The van der Waals surface area contributed by atoms with Gasteiger partial charge in [-0.05, 0) is 67.8 Å². The topological polar surface area (TPSA) is 122 Å². The Kier molecular flexibility index (Phi) is 9.73. The van der Waals surface area contributed by atoms with Gasteiger partial charge in [-0.1, -0.05) is 60.7 Å². The SMILES string of the molecule is C/C=C\C(C)=N.N/N=C(\NN)c1cccc(Cc2ccc(OCc3ccc4ccccc4n3)cc2)c1. The molecule has 4 aromatic rings. The minimum Gasteiger partial charge on any atom is -0.487 e. The number of ether oxygens (including phenoxy) is 1. The van der Waals surface area contributed by atoms with Gasteiger partial charge in [-0.25, -0.2) is 10.8 Å². The molecule has 36 heavy (non-hydrogen) atoms. The number of hydrazine groups is 1. The van der Waals surface area contributed by atoms with Crippen molar-refractivity contribution in [2.24, 2.45) is 16.8 Å². The summed E-state index contributed by atoms with van der Waals surface area (Å²) in [5, 5.41) is 11.6. The summed E-state index contributed by atoms with van der Waals surface area (Å²) in [5.41, 5.74) is 8.16. The molecular weight excluding hydrogens is 448 g/mol. The number of nitrogens with two attached hydrogens (primary N) is 2. The van der Waals surface area contributed by atoms with Gasteiger partial charge in [0.2, 0.25) is 0 Å². The molecule has 0 amide bonds. The van der Waals surface area contributed by atoms with E-state index in [2.05, 4.69) is 45.8 Å². The number of hydrogen-bond donors (Lipinski definition) is 4. The quantitative estimate of drug-likeness (QED) is 0.127. The van der Waals surface area contributed by atoms with Crippen LogP contribution < -0.4 is 21.8 Å². The van der Waals surface area contributed by atoms with Gasteiger partial charge >= 0.3 is 0 Å². The molecule has 1 heterocycles. The monoisotopic (exact) mass is 480 g/mol. The molecule has 0 bridgehead atoms. The summed E-state index contributed by atoms with van der Waals surface area (Å²) >= 11 is 0. The number of nitrogens with one attached hydrogen (secondary N) is 2. The van der Waals surface area contributed by atoms with Gasteiger partial charge in [-0.2, -0.15) is 5.10 Å². The van der Waals surface area contributed by atoms with Crippen molar-refractivity contribution in [1.82, 2.24) is 10.4 Å². The summed E-state index contributed by atoms with van der Waals surface area (Å²) in [5.74, 6) is 12.1. The Morgan fingerprint density at radius 1 is 1.00 bits per heavy atom. The molecule has 4 rings (SSSR count). The second-order valence-corrected chi connectivity index (χ2v) is 8.11. The number of hydrogen-bond acceptors (Lipinski definition) is 6. The van der Waals surface area contributed by atoms with Crippen molar-refractivity contribution in [2.45, 2.75) is 26.9 Å². The number of aromatic nitrogens is 1. The zero-order chi connectivity index (χ0) is 25.8. The third kappa shape index (κ3) is 7.78. The maximum atomic E-state index is 6.81. The average Bonchev–Trinajstić information content (AvgIpc) is 2.89. The van der Waals surface area contributed by atoms with E-state index in [1.54, 1.807) is 13.0 Å². The molecule has 3 aromatic carbocycles. The van der Waals surface area contributed by atoms with Crippen LogP contribution in [0.3, 0.4) is 0 Å². The Labute approximate surface area is 212 Å². The molecular formula is C29H32N6O. The van der Waals surface area contributed by atoms with Crippen molar-refractivity contribution >= 4 is 22.5 Å². The Balaban J connectivity index is 0.000000538. The summed E-state index contributed by atoms with van der Waals surface area (Å²) in [7, 11) is 0. The number of hydrazone groups is 1. The number of amidine groups is 1. The van der Waals surface area contributed by atoms with Crippen molar-refractivity contribution in [2.75, 3.05) is 0 Å². The van der Waals surface area contributed by atoms with E-state index in [4.69, 9.17) is 21.8 Å². The molecule has 0 aliphatic rings. The normalized spacial score (nSPS) is 11.1. The summed E-state index contributed by atoms with van der Waals surface area (Å²) in [6, 6.07) is 28.2. The molecule has 0 fully saturated rings. The fraction of sp³-hybridized carbons (Fsp3) is 0.138. The van der Waals surface area contributed by atoms with Crippen LogP contribution in [0.4, 0.5) is 0 Å². The van der Waals surface area contributed by atoms with E-state index < -0.39 is 0 Å². The fourth-order valence-corrected chi connectivity index (χ4v) is 3.56. The third-order valence-electron chi connectivity index (χ3n) is 5.26. The molecule has 0 aliphatic carbocycles. The summed E-state index contributed by atoms with van der Waals surface area (Å²) in [6.07, 6.45) is 4.38. The number of rotatable bonds is 7. The number of allylic oxidation sites excluding steroid dienone is 2. The van der Waals surface area contributed by atoms with Gasteiger partial charge in [0.15, 0.2) is 5.84 Å². The minimum atomic E-state index is 0.430. The lowest BCUT2D eigenvalue weighted by molar-refractivity contribution is 0.301. The zero-order valence-corrected chi connectivity index (χ0v) is 20.6. The first kappa shape index (κ1) is 26.1. The third-order valence-corrected chi connectivity index (χ3v) is 5.26. The van der Waals surface area contributed by atoms with E-state index in [0.29, 0.717) is 18.2 Å². The van der Waals surface area contributed by atoms with Gasteiger partial charge in [-0.15, -0.1) is 0 Å². The Morgan fingerprint density at radius 3 is 2.44 bits per heavy atom. The molecule has 1 aromatic heterocycles. The highest BCUT2D eigenvalue weighted by Crippen LogP contribution is 2.18. The molecule has 0 aliphatic heterocycles. The van der Waals surface area contributed by atoms with Crippen molar-refractivity contribution in [3.05, 3.63) is 119 Å². The second kappa shape index (κ2) is 13.4. The van der Waals surface area contributed by atoms with E-state index in [9.17, 15) is 0 Å². The number of nitrogens with zero attached hydrogens (tertiary/aromatic N) is 2. The van der Waals surface area contributed by atoms with Crippen molar-refractivity contribution in [1.29, 1.82) is 5.41 Å². The summed E-state index contributed by atoms with van der Waals surface area (Å²) < 4.78 is 5.91. The van der Waals surface area contributed by atoms with Crippen molar-refractivity contribution < 1.29 is 4.74 Å². The van der Waals surface area contributed by atoms with E-state index in [-0.39, 0.29) is 0 Å². The lowest BCUT2D eigenvalue weighted by Crippen LogP contribution is -2.32. The van der Waals surface area contributed by atoms with Gasteiger partial charge in [0.1, 0.15) is 12.4 Å². The van der Waals surface area contributed by atoms with E-state index >= 15 is 0 Å². The molecule has 184 valence electrons. The predicted octanol–water partition coefficient (Wildman–Crippen LogP) is 5.09. The van der Waals surface area contributed by atoms with Gasteiger partial charge in [0, 0.05) is 16.7 Å². The van der Waals surface area contributed by atoms with Crippen LogP contribution in [0.25, 0.3) is 10.9 Å². The number of benzene rings is 3. The fourth-order valence-electron chi connectivity index (χ4n) is 3.56. The molecule has 0 radical (unpaired) electrons. The molecule has 0 saturated heterocycles. The van der Waals surface area contributed by atoms with Crippen molar-refractivity contribution in [3.8, 4) is 5.75 Å². The number of para-hydroxylation sites is 1. The Hall–Kier alpha value is -4.49. The molecule has 0 spiro atoms. The molecule has 0 unspecified atom stereocenters. The molecule has 7 heteroatoms. The van der Waals surface area contributed by atoms with Gasteiger partial charge in [0.05, 0.1) is 11.2 Å². The standard InChI is InChI=1S/C24H23N5O.C5H9N/c25-28-24(29-26)20-6-3-4-18(15-20)14-17-8-12-22(13-9-17)30-16-21-11-10-19-5-1-2-7-23(19)27-21;1-3-4-5(2)6/h1-13,15H,14,16,25-26H2,(H,28,29);3-4,6H,1-2H3/b;4-3-,6-5?. The maximum Gasteiger partial charge on any atom is 0.166 e. The lowest BCUT2D eigenvalue weighted by atomic mass is 10.0. The Bertz CT molecular complexity index is 1350. The van der Waals surface area contributed by atoms with E-state index in [0.717, 1.165) is 39.9 Å². The van der Waals surface area contributed by atoms with Gasteiger partial charge in [0.25, 0.3) is 0 Å². The van der Waals surface area contributed by atoms with Crippen LogP contribution in [0.2, 0.25) is 0 Å². The van der Waals surface area contributed by atoms with E-state index in [1.807, 2.05) is 67.6 Å².